The van der Waals surface area contributed by atoms with Gasteiger partial charge in [0.2, 0.25) is 0 Å². The van der Waals surface area contributed by atoms with Crippen molar-refractivity contribution in [2.75, 3.05) is 11.6 Å². The molecule has 80 valence electrons. The first-order valence-corrected chi connectivity index (χ1v) is 6.31. The van der Waals surface area contributed by atoms with Crippen LogP contribution in [0.25, 0.3) is 0 Å². The van der Waals surface area contributed by atoms with Crippen LogP contribution in [0.4, 0.5) is 0 Å². The van der Waals surface area contributed by atoms with Gasteiger partial charge in [0.1, 0.15) is 5.75 Å². The summed E-state index contributed by atoms with van der Waals surface area (Å²) in [5.74, 6) is 2.53. The number of benzene rings is 1. The van der Waals surface area contributed by atoms with Crippen LogP contribution >= 0.6 is 11.8 Å². The van der Waals surface area contributed by atoms with Crippen molar-refractivity contribution in [1.29, 1.82) is 0 Å². The van der Waals surface area contributed by atoms with E-state index < -0.39 is 0 Å². The van der Waals surface area contributed by atoms with Gasteiger partial charge < -0.3 is 10.8 Å². The number of hydrogen-bond donors (Lipinski definition) is 2. The molecule has 3 N–H and O–H groups in total. The molecule has 2 aliphatic rings. The van der Waals surface area contributed by atoms with Gasteiger partial charge in [0.05, 0.1) is 0 Å². The maximum atomic E-state index is 9.81. The summed E-state index contributed by atoms with van der Waals surface area (Å²) >= 11 is 1.92. The number of hydrogen-bond acceptors (Lipinski definition) is 4. The summed E-state index contributed by atoms with van der Waals surface area (Å²) in [7, 11) is 0. The molecule has 0 bridgehead atoms. The highest BCUT2D eigenvalue weighted by Gasteiger charge is 2.37. The molecule has 0 spiro atoms. The molecular weight excluding hydrogens is 208 g/mol. The number of rotatable bonds is 0. The van der Waals surface area contributed by atoms with Crippen LogP contribution in [0.3, 0.4) is 0 Å². The molecule has 0 radical (unpaired) electrons. The van der Waals surface area contributed by atoms with E-state index in [4.69, 9.17) is 5.73 Å². The molecule has 1 unspecified atom stereocenters. The molecule has 15 heavy (non-hydrogen) atoms. The van der Waals surface area contributed by atoms with Gasteiger partial charge in [-0.1, -0.05) is 12.1 Å². The maximum Gasteiger partial charge on any atom is 0.120 e. The summed E-state index contributed by atoms with van der Waals surface area (Å²) in [6.07, 6.45) is 0. The molecule has 2 aliphatic heterocycles. The SMILES string of the molecule is NC1c2cccc(O)c2CN2CSC[C@H]12. The van der Waals surface area contributed by atoms with Crippen molar-refractivity contribution < 1.29 is 5.11 Å². The van der Waals surface area contributed by atoms with Crippen LogP contribution in [0.1, 0.15) is 17.2 Å². The van der Waals surface area contributed by atoms with E-state index in [0.717, 1.165) is 29.3 Å². The molecule has 3 rings (SSSR count). The molecule has 0 aliphatic carbocycles. The van der Waals surface area contributed by atoms with Gasteiger partial charge >= 0.3 is 0 Å². The lowest BCUT2D eigenvalue weighted by atomic mass is 9.90. The fraction of sp³-hybridized carbons (Fsp3) is 0.455. The predicted molar refractivity (Wildman–Crippen MR) is 61.7 cm³/mol. The van der Waals surface area contributed by atoms with Crippen molar-refractivity contribution in [2.45, 2.75) is 18.6 Å². The van der Waals surface area contributed by atoms with Crippen molar-refractivity contribution in [2.24, 2.45) is 5.73 Å². The zero-order chi connectivity index (χ0) is 10.4. The van der Waals surface area contributed by atoms with Crippen LogP contribution in [-0.2, 0) is 6.54 Å². The van der Waals surface area contributed by atoms with Gasteiger partial charge in [-0.25, -0.2) is 0 Å². The third kappa shape index (κ3) is 1.36. The number of thioether (sulfide) groups is 1. The Balaban J connectivity index is 2.08. The molecule has 2 heterocycles. The number of aromatic hydroxyl groups is 1. The summed E-state index contributed by atoms with van der Waals surface area (Å²) in [6.45, 7) is 0.841. The Morgan fingerprint density at radius 3 is 3.20 bits per heavy atom. The van der Waals surface area contributed by atoms with Crippen LogP contribution in [0.2, 0.25) is 0 Å². The summed E-state index contributed by atoms with van der Waals surface area (Å²) in [5, 5.41) is 9.81. The monoisotopic (exact) mass is 222 g/mol. The normalized spacial score (nSPS) is 29.9. The maximum absolute atomic E-state index is 9.81. The molecule has 0 amide bonds. The smallest absolute Gasteiger partial charge is 0.120 e. The highest BCUT2D eigenvalue weighted by molar-refractivity contribution is 7.99. The standard InChI is InChI=1S/C11H14N2OS/c12-11-7-2-1-3-10(14)8(7)4-13-6-15-5-9(11)13/h1-3,9,11,14H,4-6,12H2/t9-,11?/m1/s1. The van der Waals surface area contributed by atoms with E-state index in [1.165, 1.54) is 0 Å². The van der Waals surface area contributed by atoms with Crippen LogP contribution < -0.4 is 5.73 Å². The molecule has 2 atom stereocenters. The Hall–Kier alpha value is -0.710. The van der Waals surface area contributed by atoms with Crippen molar-refractivity contribution in [3.05, 3.63) is 29.3 Å². The molecule has 1 aromatic carbocycles. The van der Waals surface area contributed by atoms with E-state index in [2.05, 4.69) is 4.90 Å². The van der Waals surface area contributed by atoms with E-state index in [-0.39, 0.29) is 6.04 Å². The van der Waals surface area contributed by atoms with Gasteiger partial charge in [-0.15, -0.1) is 11.8 Å². The average Bonchev–Trinajstić information content (AvgIpc) is 2.68. The third-order valence-corrected chi connectivity index (χ3v) is 4.43. The number of nitrogens with zero attached hydrogens (tertiary/aromatic N) is 1. The summed E-state index contributed by atoms with van der Waals surface area (Å²) in [5.41, 5.74) is 8.38. The predicted octanol–water partition coefficient (Wildman–Crippen LogP) is 1.28. The fourth-order valence-electron chi connectivity index (χ4n) is 2.47. The zero-order valence-corrected chi connectivity index (χ0v) is 9.20. The number of nitrogens with two attached hydrogens (primary N) is 1. The minimum absolute atomic E-state index is 0.0517. The lowest BCUT2D eigenvalue weighted by molar-refractivity contribution is 0.204. The first-order chi connectivity index (χ1) is 7.27. The van der Waals surface area contributed by atoms with E-state index in [0.29, 0.717) is 11.8 Å². The van der Waals surface area contributed by atoms with Crippen LogP contribution in [0.15, 0.2) is 18.2 Å². The number of phenols is 1. The molecule has 3 nitrogen and oxygen atoms in total. The van der Waals surface area contributed by atoms with Crippen molar-refractivity contribution in [3.63, 3.8) is 0 Å². The van der Waals surface area contributed by atoms with E-state index >= 15 is 0 Å². The Morgan fingerprint density at radius 2 is 2.33 bits per heavy atom. The van der Waals surface area contributed by atoms with E-state index in [1.807, 2.05) is 23.9 Å². The zero-order valence-electron chi connectivity index (χ0n) is 8.39. The second-order valence-corrected chi connectivity index (χ2v) is 5.18. The first-order valence-electron chi connectivity index (χ1n) is 5.15. The number of phenolic OH excluding ortho intramolecular Hbond substituents is 1. The van der Waals surface area contributed by atoms with Crippen molar-refractivity contribution >= 4 is 11.8 Å². The summed E-state index contributed by atoms with van der Waals surface area (Å²) in [4.78, 5) is 2.36. The average molecular weight is 222 g/mol. The summed E-state index contributed by atoms with van der Waals surface area (Å²) in [6, 6.07) is 6.17. The van der Waals surface area contributed by atoms with E-state index in [1.54, 1.807) is 6.07 Å². The van der Waals surface area contributed by atoms with Crippen molar-refractivity contribution in [1.82, 2.24) is 4.90 Å². The Bertz CT molecular complexity index is 396. The van der Waals surface area contributed by atoms with Crippen LogP contribution in [0, 0.1) is 0 Å². The lowest BCUT2D eigenvalue weighted by Crippen LogP contribution is -2.43. The van der Waals surface area contributed by atoms with Gasteiger partial charge in [0.25, 0.3) is 0 Å². The quantitative estimate of drug-likeness (QED) is 0.694. The molecule has 1 aromatic rings. The fourth-order valence-corrected chi connectivity index (χ4v) is 3.75. The van der Waals surface area contributed by atoms with Crippen LogP contribution in [-0.4, -0.2) is 27.7 Å². The highest BCUT2D eigenvalue weighted by atomic mass is 32.2. The molecule has 4 heteroatoms. The first kappa shape index (κ1) is 9.51. The minimum atomic E-state index is 0.0517. The Morgan fingerprint density at radius 1 is 1.47 bits per heavy atom. The summed E-state index contributed by atoms with van der Waals surface area (Å²) < 4.78 is 0. The highest BCUT2D eigenvalue weighted by Crippen LogP contribution is 2.39. The van der Waals surface area contributed by atoms with Crippen LogP contribution in [0.5, 0.6) is 5.75 Å². The van der Waals surface area contributed by atoms with Gasteiger partial charge in [-0.2, -0.15) is 0 Å². The van der Waals surface area contributed by atoms with Gasteiger partial charge in [0.15, 0.2) is 0 Å². The van der Waals surface area contributed by atoms with Crippen molar-refractivity contribution in [3.8, 4) is 5.75 Å². The molecule has 0 saturated carbocycles. The second-order valence-electron chi connectivity index (χ2n) is 4.18. The molecule has 1 fully saturated rings. The van der Waals surface area contributed by atoms with Gasteiger partial charge in [-0.3, -0.25) is 4.90 Å². The number of fused-ring (bicyclic) bond motifs is 2. The van der Waals surface area contributed by atoms with Gasteiger partial charge in [0, 0.05) is 35.8 Å². The third-order valence-electron chi connectivity index (χ3n) is 3.34. The lowest BCUT2D eigenvalue weighted by Gasteiger charge is -2.35. The van der Waals surface area contributed by atoms with Gasteiger partial charge in [-0.05, 0) is 11.6 Å². The van der Waals surface area contributed by atoms with E-state index in [9.17, 15) is 5.11 Å². The Labute approximate surface area is 93.3 Å². The molecule has 0 aromatic heterocycles. The Kier molecular flexibility index (Phi) is 2.16. The second kappa shape index (κ2) is 3.40. The molecular formula is C11H14N2OS. The largest absolute Gasteiger partial charge is 0.508 e. The topological polar surface area (TPSA) is 49.5 Å². The molecule has 1 saturated heterocycles. The minimum Gasteiger partial charge on any atom is -0.508 e.